The second kappa shape index (κ2) is 5.06. The van der Waals surface area contributed by atoms with E-state index >= 15 is 0 Å². The molecule has 1 aromatic carbocycles. The molecule has 0 aliphatic carbocycles. The Balaban J connectivity index is 2.62. The van der Waals surface area contributed by atoms with E-state index in [0.717, 1.165) is 16.9 Å². The van der Waals surface area contributed by atoms with Gasteiger partial charge in [0.05, 0.1) is 20.4 Å². The molecule has 0 aliphatic heterocycles. The summed E-state index contributed by atoms with van der Waals surface area (Å²) in [5.41, 5.74) is 1.79. The van der Waals surface area contributed by atoms with Gasteiger partial charge in [-0.1, -0.05) is 11.6 Å². The Bertz CT molecular complexity index is 529. The average molecular weight is 250 g/mol. The molecule has 0 N–H and O–H groups in total. The van der Waals surface area contributed by atoms with Crippen molar-refractivity contribution in [2.45, 2.75) is 0 Å². The lowest BCUT2D eigenvalue weighted by Crippen LogP contribution is -1.92. The van der Waals surface area contributed by atoms with Gasteiger partial charge in [-0.15, -0.1) is 0 Å². The van der Waals surface area contributed by atoms with Crippen molar-refractivity contribution in [2.24, 2.45) is 0 Å². The average Bonchev–Trinajstić information content (AvgIpc) is 2.38. The summed E-state index contributed by atoms with van der Waals surface area (Å²) in [6, 6.07) is 7.33. The quantitative estimate of drug-likeness (QED) is 0.835. The Morgan fingerprint density at radius 2 is 1.76 bits per heavy atom. The fraction of sp³-hybridized carbons (Fsp3) is 0.154. The molecule has 3 nitrogen and oxygen atoms in total. The molecule has 4 heteroatoms. The summed E-state index contributed by atoms with van der Waals surface area (Å²) in [6.07, 6.45) is 3.37. The SMILES string of the molecule is COc1cnccc1-c1cc(Cl)ccc1OC. The lowest BCUT2D eigenvalue weighted by molar-refractivity contribution is 0.409. The van der Waals surface area contributed by atoms with E-state index in [4.69, 9.17) is 21.1 Å². The molecule has 88 valence electrons. The smallest absolute Gasteiger partial charge is 0.145 e. The van der Waals surface area contributed by atoms with Gasteiger partial charge in [0, 0.05) is 22.3 Å². The van der Waals surface area contributed by atoms with E-state index in [1.54, 1.807) is 32.7 Å². The van der Waals surface area contributed by atoms with Crippen LogP contribution in [-0.2, 0) is 0 Å². The first kappa shape index (κ1) is 11.7. The summed E-state index contributed by atoms with van der Waals surface area (Å²) in [6.45, 7) is 0. The molecule has 0 spiro atoms. The maximum absolute atomic E-state index is 6.01. The molecule has 1 heterocycles. The molecule has 0 atom stereocenters. The monoisotopic (exact) mass is 249 g/mol. The second-order valence-electron chi connectivity index (χ2n) is 3.42. The highest BCUT2D eigenvalue weighted by Crippen LogP contribution is 2.37. The Kier molecular flexibility index (Phi) is 3.49. The molecule has 2 rings (SSSR count). The first-order valence-corrected chi connectivity index (χ1v) is 5.46. The van der Waals surface area contributed by atoms with Crippen LogP contribution in [0.4, 0.5) is 0 Å². The summed E-state index contributed by atoms with van der Waals surface area (Å²) in [5, 5.41) is 0.652. The highest BCUT2D eigenvalue weighted by Gasteiger charge is 2.11. The van der Waals surface area contributed by atoms with Crippen LogP contribution >= 0.6 is 11.6 Å². The van der Waals surface area contributed by atoms with E-state index in [1.165, 1.54) is 0 Å². The minimum Gasteiger partial charge on any atom is -0.496 e. The lowest BCUT2D eigenvalue weighted by Gasteiger charge is -2.12. The predicted octanol–water partition coefficient (Wildman–Crippen LogP) is 3.42. The van der Waals surface area contributed by atoms with Crippen LogP contribution in [0, 0.1) is 0 Å². The summed E-state index contributed by atoms with van der Waals surface area (Å²) in [5.74, 6) is 1.44. The zero-order valence-electron chi connectivity index (χ0n) is 9.61. The summed E-state index contributed by atoms with van der Waals surface area (Å²) < 4.78 is 10.6. The van der Waals surface area contributed by atoms with Crippen molar-refractivity contribution in [1.82, 2.24) is 4.98 Å². The number of pyridine rings is 1. The summed E-state index contributed by atoms with van der Waals surface area (Å²) in [7, 11) is 3.23. The van der Waals surface area contributed by atoms with E-state index in [-0.39, 0.29) is 0 Å². The minimum atomic E-state index is 0.652. The van der Waals surface area contributed by atoms with E-state index in [1.807, 2.05) is 18.2 Å². The number of rotatable bonds is 3. The van der Waals surface area contributed by atoms with Crippen LogP contribution in [0.15, 0.2) is 36.7 Å². The molecule has 0 radical (unpaired) electrons. The number of hydrogen-bond donors (Lipinski definition) is 0. The van der Waals surface area contributed by atoms with Crippen LogP contribution < -0.4 is 9.47 Å². The molecule has 0 saturated carbocycles. The van der Waals surface area contributed by atoms with Crippen LogP contribution in [0.25, 0.3) is 11.1 Å². The minimum absolute atomic E-state index is 0.652. The normalized spacial score (nSPS) is 10.1. The van der Waals surface area contributed by atoms with Gasteiger partial charge in [-0.25, -0.2) is 0 Å². The van der Waals surface area contributed by atoms with E-state index in [0.29, 0.717) is 10.8 Å². The van der Waals surface area contributed by atoms with E-state index in [2.05, 4.69) is 4.98 Å². The van der Waals surface area contributed by atoms with Gasteiger partial charge in [0.15, 0.2) is 0 Å². The van der Waals surface area contributed by atoms with Crippen molar-refractivity contribution >= 4 is 11.6 Å². The highest BCUT2D eigenvalue weighted by molar-refractivity contribution is 6.31. The standard InChI is InChI=1S/C13H12ClNO2/c1-16-12-4-3-9(14)7-11(12)10-5-6-15-8-13(10)17-2/h3-8H,1-2H3. The third-order valence-electron chi connectivity index (χ3n) is 2.46. The van der Waals surface area contributed by atoms with Crippen molar-refractivity contribution in [3.05, 3.63) is 41.7 Å². The zero-order valence-corrected chi connectivity index (χ0v) is 10.4. The van der Waals surface area contributed by atoms with Crippen molar-refractivity contribution in [3.8, 4) is 22.6 Å². The van der Waals surface area contributed by atoms with Gasteiger partial charge in [-0.2, -0.15) is 0 Å². The zero-order chi connectivity index (χ0) is 12.3. The largest absolute Gasteiger partial charge is 0.496 e. The number of halogens is 1. The van der Waals surface area contributed by atoms with E-state index < -0.39 is 0 Å². The van der Waals surface area contributed by atoms with Gasteiger partial charge in [0.25, 0.3) is 0 Å². The maximum Gasteiger partial charge on any atom is 0.145 e. The van der Waals surface area contributed by atoms with Gasteiger partial charge in [-0.3, -0.25) is 4.98 Å². The number of nitrogens with zero attached hydrogens (tertiary/aromatic N) is 1. The Hall–Kier alpha value is -1.74. The van der Waals surface area contributed by atoms with E-state index in [9.17, 15) is 0 Å². The molecule has 0 amide bonds. The fourth-order valence-corrected chi connectivity index (χ4v) is 1.83. The third-order valence-corrected chi connectivity index (χ3v) is 2.69. The van der Waals surface area contributed by atoms with Crippen LogP contribution in [0.3, 0.4) is 0 Å². The third kappa shape index (κ3) is 2.34. The van der Waals surface area contributed by atoms with Crippen molar-refractivity contribution in [3.63, 3.8) is 0 Å². The van der Waals surface area contributed by atoms with Crippen LogP contribution in [0.1, 0.15) is 0 Å². The van der Waals surface area contributed by atoms with Gasteiger partial charge in [0.2, 0.25) is 0 Å². The topological polar surface area (TPSA) is 31.4 Å². The van der Waals surface area contributed by atoms with Crippen molar-refractivity contribution < 1.29 is 9.47 Å². The Morgan fingerprint density at radius 1 is 1.00 bits per heavy atom. The summed E-state index contributed by atoms with van der Waals surface area (Å²) in [4.78, 5) is 4.02. The number of methoxy groups -OCH3 is 2. The van der Waals surface area contributed by atoms with Gasteiger partial charge < -0.3 is 9.47 Å². The van der Waals surface area contributed by atoms with Crippen molar-refractivity contribution in [2.75, 3.05) is 14.2 Å². The van der Waals surface area contributed by atoms with Crippen molar-refractivity contribution in [1.29, 1.82) is 0 Å². The highest BCUT2D eigenvalue weighted by atomic mass is 35.5. The molecule has 2 aromatic rings. The number of benzene rings is 1. The first-order valence-electron chi connectivity index (χ1n) is 5.08. The molecular weight excluding hydrogens is 238 g/mol. The molecule has 0 aliphatic rings. The second-order valence-corrected chi connectivity index (χ2v) is 3.86. The Labute approximate surface area is 105 Å². The lowest BCUT2D eigenvalue weighted by atomic mass is 10.1. The van der Waals surface area contributed by atoms with Crippen LogP contribution in [0.5, 0.6) is 11.5 Å². The van der Waals surface area contributed by atoms with Crippen LogP contribution in [0.2, 0.25) is 5.02 Å². The number of hydrogen-bond acceptors (Lipinski definition) is 3. The molecule has 0 bridgehead atoms. The number of aromatic nitrogens is 1. The molecule has 0 fully saturated rings. The van der Waals surface area contributed by atoms with Gasteiger partial charge in [0.1, 0.15) is 11.5 Å². The molecular formula is C13H12ClNO2. The summed E-state index contributed by atoms with van der Waals surface area (Å²) >= 11 is 6.01. The van der Waals surface area contributed by atoms with Gasteiger partial charge in [-0.05, 0) is 24.3 Å². The van der Waals surface area contributed by atoms with Gasteiger partial charge >= 0.3 is 0 Å². The predicted molar refractivity (Wildman–Crippen MR) is 67.8 cm³/mol. The van der Waals surface area contributed by atoms with Crippen LogP contribution in [-0.4, -0.2) is 19.2 Å². The molecule has 0 unspecified atom stereocenters. The maximum atomic E-state index is 6.01. The molecule has 1 aromatic heterocycles. The molecule has 0 saturated heterocycles. The number of ether oxygens (including phenoxy) is 2. The fourth-order valence-electron chi connectivity index (χ4n) is 1.66. The molecule has 17 heavy (non-hydrogen) atoms. The first-order chi connectivity index (χ1) is 8.26. The Morgan fingerprint density at radius 3 is 2.47 bits per heavy atom.